The van der Waals surface area contributed by atoms with Crippen LogP contribution in [0.3, 0.4) is 0 Å². The minimum Gasteiger partial charge on any atom is -0.481 e. The van der Waals surface area contributed by atoms with Crippen molar-refractivity contribution < 1.29 is 19.4 Å². The van der Waals surface area contributed by atoms with Gasteiger partial charge in [0.05, 0.1) is 6.42 Å². The van der Waals surface area contributed by atoms with E-state index in [1.165, 1.54) is 6.08 Å². The summed E-state index contributed by atoms with van der Waals surface area (Å²) in [6.45, 7) is 5.31. The molecule has 0 atom stereocenters. The zero-order valence-electron chi connectivity index (χ0n) is 10.1. The second kappa shape index (κ2) is 6.44. The molecule has 18 heavy (non-hydrogen) atoms. The molecular weight excluding hydrogens is 234 g/mol. The average molecular weight is 249 g/mol. The maximum Gasteiger partial charge on any atom is 0.411 e. The number of ether oxygens (including phenoxy) is 1. The Hall–Kier alpha value is -2.30. The summed E-state index contributed by atoms with van der Waals surface area (Å²) >= 11 is 0. The number of anilines is 1. The quantitative estimate of drug-likeness (QED) is 0.785. The third kappa shape index (κ3) is 3.93. The number of carbonyl (C=O) groups excluding carboxylic acids is 1. The highest BCUT2D eigenvalue weighted by Gasteiger charge is 2.10. The molecule has 96 valence electrons. The third-order valence-corrected chi connectivity index (χ3v) is 2.36. The molecule has 1 aromatic carbocycles. The lowest BCUT2D eigenvalue weighted by Crippen LogP contribution is -2.15. The summed E-state index contributed by atoms with van der Waals surface area (Å²) in [6, 6.07) is 5.09. The Balaban J connectivity index is 2.80. The molecule has 0 aliphatic carbocycles. The van der Waals surface area contributed by atoms with Gasteiger partial charge in [-0.1, -0.05) is 24.8 Å². The molecule has 0 heterocycles. The molecule has 1 aromatic rings. The summed E-state index contributed by atoms with van der Waals surface area (Å²) in [5.41, 5.74) is 1.92. The van der Waals surface area contributed by atoms with E-state index in [1.807, 2.05) is 0 Å². The van der Waals surface area contributed by atoms with Crippen LogP contribution in [0.2, 0.25) is 0 Å². The average Bonchev–Trinajstić information content (AvgIpc) is 2.31. The molecule has 5 nitrogen and oxygen atoms in total. The number of hydrogen-bond donors (Lipinski definition) is 2. The van der Waals surface area contributed by atoms with Crippen LogP contribution in [0, 0.1) is 6.92 Å². The van der Waals surface area contributed by atoms with Gasteiger partial charge >= 0.3 is 12.1 Å². The first-order valence-electron chi connectivity index (χ1n) is 5.39. The van der Waals surface area contributed by atoms with Crippen LogP contribution >= 0.6 is 0 Å². The standard InChI is InChI=1S/C13H15NO4/c1-3-7-18-13(17)14-11-6-4-5-10(9(11)2)8-12(15)16/h3-6H,1,7-8H2,2H3,(H,14,17)(H,15,16). The first kappa shape index (κ1) is 13.8. The molecule has 0 aliphatic heterocycles. The number of nitrogens with one attached hydrogen (secondary N) is 1. The smallest absolute Gasteiger partial charge is 0.411 e. The largest absolute Gasteiger partial charge is 0.481 e. The Morgan fingerprint density at radius 3 is 2.83 bits per heavy atom. The summed E-state index contributed by atoms with van der Waals surface area (Å²) < 4.78 is 4.79. The van der Waals surface area contributed by atoms with Crippen molar-refractivity contribution in [1.82, 2.24) is 0 Å². The fraction of sp³-hybridized carbons (Fsp3) is 0.231. The second-order valence-corrected chi connectivity index (χ2v) is 3.67. The monoisotopic (exact) mass is 249 g/mol. The molecule has 5 heteroatoms. The molecule has 0 aliphatic rings. The predicted octanol–water partition coefficient (Wildman–Crippen LogP) is 2.36. The summed E-state index contributed by atoms with van der Waals surface area (Å²) in [6.07, 6.45) is 0.793. The number of hydrogen-bond acceptors (Lipinski definition) is 3. The van der Waals surface area contributed by atoms with E-state index in [2.05, 4.69) is 11.9 Å². The zero-order chi connectivity index (χ0) is 13.5. The number of carboxylic acids is 1. The van der Waals surface area contributed by atoms with E-state index < -0.39 is 12.1 Å². The van der Waals surface area contributed by atoms with Crippen LogP contribution in [0.25, 0.3) is 0 Å². The normalized spacial score (nSPS) is 9.61. The van der Waals surface area contributed by atoms with Crippen LogP contribution in [-0.2, 0) is 16.0 Å². The van der Waals surface area contributed by atoms with E-state index in [1.54, 1.807) is 25.1 Å². The zero-order valence-corrected chi connectivity index (χ0v) is 10.1. The molecule has 0 radical (unpaired) electrons. The molecule has 0 fully saturated rings. The van der Waals surface area contributed by atoms with Crippen LogP contribution < -0.4 is 5.32 Å². The highest BCUT2D eigenvalue weighted by Crippen LogP contribution is 2.19. The van der Waals surface area contributed by atoms with E-state index in [0.717, 1.165) is 5.56 Å². The van der Waals surface area contributed by atoms with Crippen LogP contribution in [0.15, 0.2) is 30.9 Å². The Morgan fingerprint density at radius 1 is 1.50 bits per heavy atom. The minimum absolute atomic E-state index is 0.0803. The molecule has 0 unspecified atom stereocenters. The van der Waals surface area contributed by atoms with Gasteiger partial charge in [-0.15, -0.1) is 0 Å². The Labute approximate surface area is 105 Å². The number of rotatable bonds is 5. The van der Waals surface area contributed by atoms with E-state index in [4.69, 9.17) is 9.84 Å². The molecule has 0 saturated carbocycles. The third-order valence-electron chi connectivity index (χ3n) is 2.36. The summed E-state index contributed by atoms with van der Waals surface area (Å²) in [5, 5.41) is 11.3. The SMILES string of the molecule is C=CCOC(=O)Nc1cccc(CC(=O)O)c1C. The van der Waals surface area contributed by atoms with E-state index in [0.29, 0.717) is 11.3 Å². The predicted molar refractivity (Wildman–Crippen MR) is 67.7 cm³/mol. The van der Waals surface area contributed by atoms with Gasteiger partial charge in [0.1, 0.15) is 6.61 Å². The van der Waals surface area contributed by atoms with Gasteiger partial charge in [0.15, 0.2) is 0 Å². The molecule has 0 saturated heterocycles. The first-order valence-corrected chi connectivity index (χ1v) is 5.39. The van der Waals surface area contributed by atoms with E-state index >= 15 is 0 Å². The van der Waals surface area contributed by atoms with Gasteiger partial charge in [0.2, 0.25) is 0 Å². The molecule has 1 amide bonds. The van der Waals surface area contributed by atoms with Crippen molar-refractivity contribution in [3.05, 3.63) is 42.0 Å². The van der Waals surface area contributed by atoms with Gasteiger partial charge < -0.3 is 9.84 Å². The lowest BCUT2D eigenvalue weighted by Gasteiger charge is -2.11. The van der Waals surface area contributed by atoms with Crippen LogP contribution in [-0.4, -0.2) is 23.8 Å². The van der Waals surface area contributed by atoms with Crippen LogP contribution in [0.1, 0.15) is 11.1 Å². The van der Waals surface area contributed by atoms with Gasteiger partial charge in [-0.05, 0) is 24.1 Å². The maximum atomic E-state index is 11.4. The molecule has 1 rings (SSSR count). The van der Waals surface area contributed by atoms with Crippen molar-refractivity contribution in [2.45, 2.75) is 13.3 Å². The summed E-state index contributed by atoms with van der Waals surface area (Å²) in [5.74, 6) is -0.913. The van der Waals surface area contributed by atoms with Crippen molar-refractivity contribution >= 4 is 17.7 Å². The molecule has 0 bridgehead atoms. The van der Waals surface area contributed by atoms with Crippen molar-refractivity contribution in [2.75, 3.05) is 11.9 Å². The highest BCUT2D eigenvalue weighted by molar-refractivity contribution is 5.86. The number of carbonyl (C=O) groups is 2. The summed E-state index contributed by atoms with van der Waals surface area (Å²) in [7, 11) is 0. The second-order valence-electron chi connectivity index (χ2n) is 3.67. The molecule has 2 N–H and O–H groups in total. The van der Waals surface area contributed by atoms with Crippen molar-refractivity contribution in [1.29, 1.82) is 0 Å². The molecule has 0 spiro atoms. The first-order chi connectivity index (χ1) is 8.54. The number of amides is 1. The lowest BCUT2D eigenvalue weighted by atomic mass is 10.0. The highest BCUT2D eigenvalue weighted by atomic mass is 16.5. The number of carboxylic acid groups (broad SMARTS) is 1. The molecular formula is C13H15NO4. The van der Waals surface area contributed by atoms with Crippen LogP contribution in [0.5, 0.6) is 0 Å². The Kier molecular flexibility index (Phi) is 4.92. The fourth-order valence-corrected chi connectivity index (χ4v) is 1.45. The topological polar surface area (TPSA) is 75.6 Å². The number of aliphatic carboxylic acids is 1. The van der Waals surface area contributed by atoms with E-state index in [-0.39, 0.29) is 13.0 Å². The van der Waals surface area contributed by atoms with Crippen LogP contribution in [0.4, 0.5) is 10.5 Å². The number of benzene rings is 1. The van der Waals surface area contributed by atoms with Crippen molar-refractivity contribution in [3.63, 3.8) is 0 Å². The van der Waals surface area contributed by atoms with Gasteiger partial charge in [0, 0.05) is 5.69 Å². The van der Waals surface area contributed by atoms with Gasteiger partial charge in [-0.2, -0.15) is 0 Å². The fourth-order valence-electron chi connectivity index (χ4n) is 1.45. The summed E-state index contributed by atoms with van der Waals surface area (Å²) in [4.78, 5) is 22.0. The minimum atomic E-state index is -0.913. The van der Waals surface area contributed by atoms with Gasteiger partial charge in [-0.25, -0.2) is 4.79 Å². The van der Waals surface area contributed by atoms with E-state index in [9.17, 15) is 9.59 Å². The maximum absolute atomic E-state index is 11.4. The lowest BCUT2D eigenvalue weighted by molar-refractivity contribution is -0.136. The van der Waals surface area contributed by atoms with Gasteiger partial charge in [-0.3, -0.25) is 10.1 Å². The molecule has 0 aromatic heterocycles. The Bertz CT molecular complexity index is 468. The van der Waals surface area contributed by atoms with Crippen molar-refractivity contribution in [2.24, 2.45) is 0 Å². The van der Waals surface area contributed by atoms with Crippen molar-refractivity contribution in [3.8, 4) is 0 Å². The Morgan fingerprint density at radius 2 is 2.22 bits per heavy atom. The van der Waals surface area contributed by atoms with Gasteiger partial charge in [0.25, 0.3) is 0 Å².